The Morgan fingerprint density at radius 2 is 2.29 bits per heavy atom. The van der Waals surface area contributed by atoms with Gasteiger partial charge in [-0.15, -0.1) is 12.6 Å². The van der Waals surface area contributed by atoms with Crippen molar-refractivity contribution in [1.29, 1.82) is 0 Å². The van der Waals surface area contributed by atoms with Crippen LogP contribution in [-0.4, -0.2) is 17.9 Å². The first-order chi connectivity index (χ1) is 6.74. The number of thioether (sulfide) groups is 1. The summed E-state index contributed by atoms with van der Waals surface area (Å²) in [6.45, 7) is 0. The van der Waals surface area contributed by atoms with E-state index in [-0.39, 0.29) is 10.8 Å². The number of hydrogen-bond donors (Lipinski definition) is 1. The van der Waals surface area contributed by atoms with Gasteiger partial charge in [-0.25, -0.2) is 4.79 Å². The fourth-order valence-corrected chi connectivity index (χ4v) is 2.86. The first-order valence-corrected chi connectivity index (χ1v) is 5.44. The fraction of sp³-hybridized carbons (Fsp3) is 0.222. The van der Waals surface area contributed by atoms with E-state index >= 15 is 0 Å². The largest absolute Gasteiger partial charge is 0.452 e. The van der Waals surface area contributed by atoms with Gasteiger partial charge in [-0.1, -0.05) is 23.9 Å². The van der Waals surface area contributed by atoms with Gasteiger partial charge in [0, 0.05) is 4.90 Å². The van der Waals surface area contributed by atoms with Gasteiger partial charge in [-0.2, -0.15) is 0 Å². The highest BCUT2D eigenvalue weighted by atomic mass is 32.2. The molecule has 74 valence electrons. The van der Waals surface area contributed by atoms with Crippen molar-refractivity contribution < 1.29 is 9.53 Å². The second-order valence-electron chi connectivity index (χ2n) is 2.75. The number of hydrogen-bond acceptors (Lipinski definition) is 4. The second-order valence-corrected chi connectivity index (χ2v) is 4.71. The van der Waals surface area contributed by atoms with Crippen LogP contribution in [0.2, 0.25) is 0 Å². The van der Waals surface area contributed by atoms with Gasteiger partial charge in [0.05, 0.1) is 12.8 Å². The van der Waals surface area contributed by atoms with Crippen molar-refractivity contribution >= 4 is 36.2 Å². The van der Waals surface area contributed by atoms with Gasteiger partial charge < -0.3 is 4.74 Å². The molecule has 1 amide bonds. The van der Waals surface area contributed by atoms with E-state index < -0.39 is 0 Å². The summed E-state index contributed by atoms with van der Waals surface area (Å²) in [6, 6.07) is 7.68. The summed E-state index contributed by atoms with van der Waals surface area (Å²) < 4.78 is 4.49. The van der Waals surface area contributed by atoms with Crippen LogP contribution in [0, 0.1) is 0 Å². The molecule has 1 aliphatic rings. The lowest BCUT2D eigenvalue weighted by Crippen LogP contribution is -2.32. The molecule has 5 heteroatoms. The Hall–Kier alpha value is -0.810. The molecule has 1 aromatic carbocycles. The predicted molar refractivity (Wildman–Crippen MR) is 60.0 cm³/mol. The molecule has 0 bridgehead atoms. The van der Waals surface area contributed by atoms with E-state index in [1.165, 1.54) is 23.8 Å². The summed E-state index contributed by atoms with van der Waals surface area (Å²) in [5.41, 5.74) is 0.865. The molecule has 1 heterocycles. The highest BCUT2D eigenvalue weighted by Crippen LogP contribution is 2.44. The molecular weight excluding hydrogens is 218 g/mol. The van der Waals surface area contributed by atoms with Gasteiger partial charge in [0.15, 0.2) is 0 Å². The molecule has 1 aromatic rings. The van der Waals surface area contributed by atoms with E-state index in [2.05, 4.69) is 17.4 Å². The van der Waals surface area contributed by atoms with Crippen LogP contribution in [0.3, 0.4) is 0 Å². The topological polar surface area (TPSA) is 29.5 Å². The Morgan fingerprint density at radius 1 is 1.57 bits per heavy atom. The van der Waals surface area contributed by atoms with Crippen LogP contribution < -0.4 is 4.90 Å². The summed E-state index contributed by atoms with van der Waals surface area (Å²) in [4.78, 5) is 14.0. The molecule has 0 saturated carbocycles. The maximum atomic E-state index is 11.4. The molecule has 14 heavy (non-hydrogen) atoms. The molecule has 0 spiro atoms. The van der Waals surface area contributed by atoms with Crippen LogP contribution in [0.1, 0.15) is 0 Å². The average Bonchev–Trinajstić information content (AvgIpc) is 2.53. The Morgan fingerprint density at radius 3 is 3.00 bits per heavy atom. The maximum absolute atomic E-state index is 11.4. The minimum absolute atomic E-state index is 0.195. The van der Waals surface area contributed by atoms with Crippen molar-refractivity contribution in [3.05, 3.63) is 24.3 Å². The van der Waals surface area contributed by atoms with E-state index in [0.29, 0.717) is 0 Å². The van der Waals surface area contributed by atoms with Crippen LogP contribution in [0.5, 0.6) is 0 Å². The molecule has 1 aliphatic heterocycles. The quantitative estimate of drug-likeness (QED) is 0.691. The van der Waals surface area contributed by atoms with E-state index in [1.54, 1.807) is 0 Å². The van der Waals surface area contributed by atoms with Gasteiger partial charge in [0.2, 0.25) is 0 Å². The SMILES string of the molecule is COC(=O)N1c2ccccc2SC1S. The minimum atomic E-state index is -0.373. The standard InChI is InChI=1S/C9H9NO2S2/c1-12-8(11)10-6-4-2-3-5-7(6)14-9(10)13/h2-5,9,13H,1H3. The van der Waals surface area contributed by atoms with Gasteiger partial charge in [0.1, 0.15) is 4.71 Å². The Bertz CT molecular complexity index is 370. The summed E-state index contributed by atoms with van der Waals surface area (Å²) in [5, 5.41) is 0. The monoisotopic (exact) mass is 227 g/mol. The highest BCUT2D eigenvalue weighted by Gasteiger charge is 2.32. The van der Waals surface area contributed by atoms with E-state index in [4.69, 9.17) is 0 Å². The number of para-hydroxylation sites is 1. The third-order valence-electron chi connectivity index (χ3n) is 1.95. The van der Waals surface area contributed by atoms with Crippen LogP contribution in [0.15, 0.2) is 29.2 Å². The normalized spacial score (nSPS) is 19.3. The maximum Gasteiger partial charge on any atom is 0.415 e. The highest BCUT2D eigenvalue weighted by molar-refractivity contribution is 8.11. The number of nitrogens with zero attached hydrogens (tertiary/aromatic N) is 1. The molecule has 0 saturated heterocycles. The van der Waals surface area contributed by atoms with Crippen LogP contribution in [0.4, 0.5) is 10.5 Å². The van der Waals surface area contributed by atoms with Crippen molar-refractivity contribution in [2.24, 2.45) is 0 Å². The van der Waals surface area contributed by atoms with Crippen molar-refractivity contribution in [1.82, 2.24) is 0 Å². The molecular formula is C9H9NO2S2. The van der Waals surface area contributed by atoms with Crippen molar-refractivity contribution in [2.45, 2.75) is 9.60 Å². The van der Waals surface area contributed by atoms with Gasteiger partial charge in [0.25, 0.3) is 0 Å². The van der Waals surface area contributed by atoms with Gasteiger partial charge in [-0.05, 0) is 12.1 Å². The Kier molecular flexibility index (Phi) is 2.60. The number of anilines is 1. The van der Waals surface area contributed by atoms with E-state index in [0.717, 1.165) is 10.6 Å². The lowest BCUT2D eigenvalue weighted by Gasteiger charge is -2.18. The van der Waals surface area contributed by atoms with Crippen LogP contribution in [0.25, 0.3) is 0 Å². The summed E-state index contributed by atoms with van der Waals surface area (Å²) >= 11 is 5.85. The molecule has 2 rings (SSSR count). The molecule has 3 nitrogen and oxygen atoms in total. The average molecular weight is 227 g/mol. The van der Waals surface area contributed by atoms with Crippen LogP contribution >= 0.6 is 24.4 Å². The number of carbonyl (C=O) groups excluding carboxylic acids is 1. The molecule has 0 aliphatic carbocycles. The molecule has 0 radical (unpaired) electrons. The minimum Gasteiger partial charge on any atom is -0.452 e. The number of carbonyl (C=O) groups is 1. The Balaban J connectivity index is 2.39. The summed E-state index contributed by atoms with van der Waals surface area (Å²) in [5.74, 6) is 0. The number of benzene rings is 1. The molecule has 1 unspecified atom stereocenters. The molecule has 0 N–H and O–H groups in total. The predicted octanol–water partition coefficient (Wildman–Crippen LogP) is 2.58. The van der Waals surface area contributed by atoms with E-state index in [1.807, 2.05) is 24.3 Å². The van der Waals surface area contributed by atoms with Crippen molar-refractivity contribution in [3.8, 4) is 0 Å². The summed E-state index contributed by atoms with van der Waals surface area (Å²) in [6.07, 6.45) is -0.373. The fourth-order valence-electron chi connectivity index (χ4n) is 1.33. The third kappa shape index (κ3) is 1.46. The number of amides is 1. The number of fused-ring (bicyclic) bond motifs is 1. The smallest absolute Gasteiger partial charge is 0.415 e. The lowest BCUT2D eigenvalue weighted by molar-refractivity contribution is 0.179. The van der Waals surface area contributed by atoms with Crippen LogP contribution in [-0.2, 0) is 4.74 Å². The van der Waals surface area contributed by atoms with Crippen molar-refractivity contribution in [2.75, 3.05) is 12.0 Å². The lowest BCUT2D eigenvalue weighted by atomic mass is 10.3. The van der Waals surface area contributed by atoms with Gasteiger partial charge in [-0.3, -0.25) is 4.90 Å². The number of thiol groups is 1. The molecule has 1 atom stereocenters. The van der Waals surface area contributed by atoms with E-state index in [9.17, 15) is 4.79 Å². The second kappa shape index (κ2) is 3.74. The first-order valence-electron chi connectivity index (χ1n) is 4.05. The zero-order valence-electron chi connectivity index (χ0n) is 7.51. The number of ether oxygens (including phenoxy) is 1. The number of rotatable bonds is 0. The van der Waals surface area contributed by atoms with Crippen molar-refractivity contribution in [3.63, 3.8) is 0 Å². The van der Waals surface area contributed by atoms with Gasteiger partial charge >= 0.3 is 6.09 Å². The first kappa shape index (κ1) is 9.73. The zero-order chi connectivity index (χ0) is 10.1. The molecule has 0 aromatic heterocycles. The third-order valence-corrected chi connectivity index (χ3v) is 3.52. The Labute approximate surface area is 91.8 Å². The molecule has 0 fully saturated rings. The zero-order valence-corrected chi connectivity index (χ0v) is 9.22. The number of methoxy groups -OCH3 is 1. The summed E-state index contributed by atoms with van der Waals surface area (Å²) in [7, 11) is 1.37.